The van der Waals surface area contributed by atoms with Crippen LogP contribution >= 0.6 is 0 Å². The van der Waals surface area contributed by atoms with Crippen LogP contribution in [0.25, 0.3) is 0 Å². The Bertz CT molecular complexity index is 1030. The quantitative estimate of drug-likeness (QED) is 0.638. The number of carbonyl (C=O) groups is 1. The van der Waals surface area contributed by atoms with Crippen molar-refractivity contribution in [1.82, 2.24) is 9.29 Å². The van der Waals surface area contributed by atoms with Gasteiger partial charge < -0.3 is 19.7 Å². The highest BCUT2D eigenvalue weighted by Crippen LogP contribution is 2.31. The fourth-order valence-corrected chi connectivity index (χ4v) is 4.13. The molecular formula is C19H19FN4O4S. The maximum absolute atomic E-state index is 13.5. The third-order valence-corrected chi connectivity index (χ3v) is 5.61. The second kappa shape index (κ2) is 8.57. The van der Waals surface area contributed by atoms with E-state index in [9.17, 15) is 18.5 Å². The molecule has 3 atom stereocenters. The molecule has 3 rings (SSSR count). The molecule has 1 aliphatic rings. The van der Waals surface area contributed by atoms with Crippen molar-refractivity contribution in [3.05, 3.63) is 54.1 Å². The van der Waals surface area contributed by atoms with Gasteiger partial charge in [0.15, 0.2) is 11.4 Å². The number of anilines is 1. The number of hydrogen-bond donors (Lipinski definition) is 3. The number of ether oxygens (including phenoxy) is 1. The van der Waals surface area contributed by atoms with Crippen LogP contribution in [0.4, 0.5) is 10.1 Å². The van der Waals surface area contributed by atoms with E-state index < -0.39 is 34.9 Å². The lowest BCUT2D eigenvalue weighted by Crippen LogP contribution is -2.43. The summed E-state index contributed by atoms with van der Waals surface area (Å²) in [6.07, 6.45) is 2.48. The van der Waals surface area contributed by atoms with Gasteiger partial charge in [-0.05, 0) is 24.6 Å². The predicted octanol–water partition coefficient (Wildman–Crippen LogP) is 1.60. The lowest BCUT2D eigenvalue weighted by Gasteiger charge is -2.20. The van der Waals surface area contributed by atoms with Crippen LogP contribution in [0.15, 0.2) is 41.9 Å². The number of halogens is 1. The Labute approximate surface area is 169 Å². The van der Waals surface area contributed by atoms with Gasteiger partial charge in [0, 0.05) is 18.9 Å². The highest BCUT2D eigenvalue weighted by molar-refractivity contribution is 7.83. The number of nitrogens with zero attached hydrogens (tertiary/aromatic N) is 2. The standard InChI is InChI=1S/C19H19FN4O4S/c1-3-4-15(25)14-10-28-18-16(29(27)23-14)9-24(2)17(18)19(26)22-12-5-6-13(20)11(7-12)8-21/h3,5-7,9,14-15,23,25H,1,4,10H2,2H3,(H,22,26). The number of aliphatic hydroxyl groups is 1. The molecule has 1 aromatic carbocycles. The van der Waals surface area contributed by atoms with E-state index in [1.807, 2.05) is 0 Å². The molecule has 0 fully saturated rings. The van der Waals surface area contributed by atoms with Gasteiger partial charge in [-0.2, -0.15) is 5.26 Å². The van der Waals surface area contributed by atoms with E-state index in [1.165, 1.54) is 22.9 Å². The first-order valence-corrected chi connectivity index (χ1v) is 9.80. The van der Waals surface area contributed by atoms with E-state index in [-0.39, 0.29) is 40.6 Å². The monoisotopic (exact) mass is 418 g/mol. The zero-order chi connectivity index (χ0) is 21.1. The molecule has 0 saturated heterocycles. The summed E-state index contributed by atoms with van der Waals surface area (Å²) in [6.45, 7) is 3.56. The molecule has 0 saturated carbocycles. The summed E-state index contributed by atoms with van der Waals surface area (Å²) < 4.78 is 36.1. The van der Waals surface area contributed by atoms with Gasteiger partial charge in [-0.3, -0.25) is 4.79 Å². The minimum absolute atomic E-state index is 0.00678. The SMILES string of the molecule is C=CCC(O)C1COc2c(cn(C)c2C(=O)Nc2ccc(F)c(C#N)c2)S(=O)N1. The van der Waals surface area contributed by atoms with Crippen LogP contribution in [-0.4, -0.2) is 38.5 Å². The van der Waals surface area contributed by atoms with Crippen LogP contribution in [0.2, 0.25) is 0 Å². The van der Waals surface area contributed by atoms with Crippen molar-refractivity contribution in [3.8, 4) is 11.8 Å². The van der Waals surface area contributed by atoms with Gasteiger partial charge in [-0.15, -0.1) is 6.58 Å². The number of rotatable bonds is 5. The summed E-state index contributed by atoms with van der Waals surface area (Å²) in [5.41, 5.74) is 0.140. The molecule has 2 aromatic rings. The lowest BCUT2D eigenvalue weighted by atomic mass is 10.1. The fraction of sp³-hybridized carbons (Fsp3) is 0.263. The van der Waals surface area contributed by atoms with Crippen LogP contribution in [0.5, 0.6) is 5.75 Å². The van der Waals surface area contributed by atoms with Crippen molar-refractivity contribution >= 4 is 22.6 Å². The molecule has 3 unspecified atom stereocenters. The van der Waals surface area contributed by atoms with Crippen LogP contribution in [0.3, 0.4) is 0 Å². The van der Waals surface area contributed by atoms with Crippen molar-refractivity contribution in [2.24, 2.45) is 7.05 Å². The molecule has 0 radical (unpaired) electrons. The molecule has 1 aliphatic heterocycles. The number of carbonyl (C=O) groups excluding carboxylic acids is 1. The molecule has 0 aliphatic carbocycles. The molecular weight excluding hydrogens is 399 g/mol. The third kappa shape index (κ3) is 4.22. The van der Waals surface area contributed by atoms with E-state index in [0.29, 0.717) is 0 Å². The van der Waals surface area contributed by atoms with E-state index in [0.717, 1.165) is 6.07 Å². The Morgan fingerprint density at radius 3 is 3.10 bits per heavy atom. The van der Waals surface area contributed by atoms with Gasteiger partial charge in [-0.25, -0.2) is 13.3 Å². The second-order valence-electron chi connectivity index (χ2n) is 6.44. The van der Waals surface area contributed by atoms with Crippen molar-refractivity contribution in [1.29, 1.82) is 5.26 Å². The lowest BCUT2D eigenvalue weighted by molar-refractivity contribution is 0.0999. The van der Waals surface area contributed by atoms with Gasteiger partial charge in [0.1, 0.15) is 34.4 Å². The van der Waals surface area contributed by atoms with Crippen LogP contribution in [-0.2, 0) is 18.0 Å². The Morgan fingerprint density at radius 1 is 1.66 bits per heavy atom. The molecule has 8 nitrogen and oxygen atoms in total. The van der Waals surface area contributed by atoms with E-state index >= 15 is 0 Å². The van der Waals surface area contributed by atoms with Gasteiger partial charge in [0.2, 0.25) is 0 Å². The van der Waals surface area contributed by atoms with E-state index in [1.54, 1.807) is 19.2 Å². The van der Waals surface area contributed by atoms with Crippen LogP contribution < -0.4 is 14.8 Å². The normalized spacial score (nSPS) is 19.2. The highest BCUT2D eigenvalue weighted by atomic mass is 32.2. The Balaban J connectivity index is 1.88. The summed E-state index contributed by atoms with van der Waals surface area (Å²) in [4.78, 5) is 13.1. The van der Waals surface area contributed by atoms with E-state index in [2.05, 4.69) is 16.6 Å². The number of nitrogens with one attached hydrogen (secondary N) is 2. The molecule has 3 N–H and O–H groups in total. The fourth-order valence-electron chi connectivity index (χ4n) is 2.92. The minimum atomic E-state index is -1.71. The molecule has 152 valence electrons. The molecule has 1 amide bonds. The maximum atomic E-state index is 13.5. The summed E-state index contributed by atoms with van der Waals surface area (Å²) in [5, 5.41) is 21.7. The Hall–Kier alpha value is -3.00. The molecule has 10 heteroatoms. The van der Waals surface area contributed by atoms with Crippen molar-refractivity contribution in [2.75, 3.05) is 11.9 Å². The van der Waals surface area contributed by atoms with Gasteiger partial charge in [0.25, 0.3) is 5.91 Å². The average molecular weight is 418 g/mol. The highest BCUT2D eigenvalue weighted by Gasteiger charge is 2.32. The third-order valence-electron chi connectivity index (χ3n) is 4.40. The Kier molecular flexibility index (Phi) is 6.12. The van der Waals surface area contributed by atoms with Crippen molar-refractivity contribution in [3.63, 3.8) is 0 Å². The van der Waals surface area contributed by atoms with Crippen LogP contribution in [0.1, 0.15) is 22.5 Å². The summed E-state index contributed by atoms with van der Waals surface area (Å²) >= 11 is 0. The molecule has 1 aromatic heterocycles. The largest absolute Gasteiger partial charge is 0.488 e. The number of fused-ring (bicyclic) bond motifs is 1. The number of aliphatic hydroxyl groups excluding tert-OH is 1. The number of amides is 1. The van der Waals surface area contributed by atoms with Gasteiger partial charge in [-0.1, -0.05) is 6.08 Å². The second-order valence-corrected chi connectivity index (χ2v) is 7.65. The number of hydrogen-bond acceptors (Lipinski definition) is 5. The zero-order valence-electron chi connectivity index (χ0n) is 15.5. The number of aryl methyl sites for hydroxylation is 1. The first-order valence-electron chi connectivity index (χ1n) is 8.65. The van der Waals surface area contributed by atoms with E-state index in [4.69, 9.17) is 10.00 Å². The molecule has 0 bridgehead atoms. The summed E-state index contributed by atoms with van der Waals surface area (Å²) in [5.74, 6) is -1.13. The topological polar surface area (TPSA) is 116 Å². The first kappa shape index (κ1) is 20.7. The van der Waals surface area contributed by atoms with Gasteiger partial charge >= 0.3 is 0 Å². The zero-order valence-corrected chi connectivity index (χ0v) is 16.3. The summed E-state index contributed by atoms with van der Waals surface area (Å²) in [7, 11) is -0.113. The number of aromatic nitrogens is 1. The average Bonchev–Trinajstić information content (AvgIpc) is 2.94. The molecule has 2 heterocycles. The molecule has 0 spiro atoms. The van der Waals surface area contributed by atoms with Crippen LogP contribution in [0, 0.1) is 17.1 Å². The predicted molar refractivity (Wildman–Crippen MR) is 104 cm³/mol. The Morgan fingerprint density at radius 2 is 2.41 bits per heavy atom. The number of nitriles is 1. The van der Waals surface area contributed by atoms with Crippen molar-refractivity contribution in [2.45, 2.75) is 23.5 Å². The number of benzene rings is 1. The molecule has 29 heavy (non-hydrogen) atoms. The summed E-state index contributed by atoms with van der Waals surface area (Å²) in [6, 6.07) is 4.73. The first-order chi connectivity index (χ1) is 13.8. The van der Waals surface area contributed by atoms with Crippen molar-refractivity contribution < 1.29 is 23.2 Å². The van der Waals surface area contributed by atoms with Gasteiger partial charge in [0.05, 0.1) is 17.7 Å². The smallest absolute Gasteiger partial charge is 0.276 e. The maximum Gasteiger partial charge on any atom is 0.276 e. The minimum Gasteiger partial charge on any atom is -0.488 e.